The number of aryl methyl sites for hydroxylation is 1. The molecule has 0 saturated carbocycles. The highest BCUT2D eigenvalue weighted by atomic mass is 35.5. The Morgan fingerprint density at radius 1 is 1.11 bits per heavy atom. The lowest BCUT2D eigenvalue weighted by Gasteiger charge is -2.35. The van der Waals surface area contributed by atoms with E-state index >= 15 is 0 Å². The van der Waals surface area contributed by atoms with Gasteiger partial charge in [0.1, 0.15) is 5.75 Å². The van der Waals surface area contributed by atoms with Gasteiger partial charge >= 0.3 is 0 Å². The lowest BCUT2D eigenvalue weighted by molar-refractivity contribution is -0.923. The quantitative estimate of drug-likeness (QED) is 0.506. The van der Waals surface area contributed by atoms with E-state index in [1.54, 1.807) is 11.3 Å². The number of thiophene rings is 1. The van der Waals surface area contributed by atoms with Crippen molar-refractivity contribution < 1.29 is 21.6 Å². The lowest BCUT2D eigenvalue weighted by atomic mass is 10.3. The Balaban J connectivity index is 0.00000289. The molecule has 0 N–H and O–H groups in total. The number of quaternary nitrogens is 1. The third-order valence-corrected chi connectivity index (χ3v) is 4.70. The van der Waals surface area contributed by atoms with E-state index in [0.29, 0.717) is 0 Å². The molecule has 0 spiro atoms. The van der Waals surface area contributed by atoms with Crippen molar-refractivity contribution >= 4 is 11.3 Å². The average molecular weight is 292 g/mol. The predicted molar refractivity (Wildman–Crippen MR) is 75.9 cm³/mol. The van der Waals surface area contributed by atoms with Crippen molar-refractivity contribution in [3.05, 3.63) is 16.3 Å². The average Bonchev–Trinajstić information content (AvgIpc) is 2.76. The number of ether oxygens (including phenoxy) is 1. The standard InChI is InChI=1S/C14H26NOS.ClH/c1-5-15(6-2,7-3)9-8-10-16-14-12-17-11-13(14)4;/h11-12H,5-10H2,1-4H3;1H/q+1;/p-1. The monoisotopic (exact) mass is 291 g/mol. The second-order valence-electron chi connectivity index (χ2n) is 4.63. The summed E-state index contributed by atoms with van der Waals surface area (Å²) in [5, 5.41) is 4.23. The van der Waals surface area contributed by atoms with Gasteiger partial charge < -0.3 is 21.6 Å². The van der Waals surface area contributed by atoms with Gasteiger partial charge in [-0.3, -0.25) is 0 Å². The van der Waals surface area contributed by atoms with Crippen LogP contribution in [0.25, 0.3) is 0 Å². The van der Waals surface area contributed by atoms with Crippen LogP contribution in [0.15, 0.2) is 10.8 Å². The van der Waals surface area contributed by atoms with Crippen LogP contribution in [0.1, 0.15) is 32.8 Å². The zero-order valence-corrected chi connectivity index (χ0v) is 13.6. The smallest absolute Gasteiger partial charge is 0.132 e. The molecule has 1 aromatic heterocycles. The molecular formula is C14H26ClNOS. The van der Waals surface area contributed by atoms with Crippen molar-refractivity contribution in [2.75, 3.05) is 32.8 Å². The molecule has 1 rings (SSSR count). The molecule has 0 aromatic carbocycles. The molecule has 0 saturated heterocycles. The molecule has 0 aliphatic carbocycles. The van der Waals surface area contributed by atoms with Gasteiger partial charge in [-0.1, -0.05) is 0 Å². The Kier molecular flexibility index (Phi) is 8.66. The highest BCUT2D eigenvalue weighted by Crippen LogP contribution is 2.22. The summed E-state index contributed by atoms with van der Waals surface area (Å²) in [4.78, 5) is 0. The van der Waals surface area contributed by atoms with E-state index < -0.39 is 0 Å². The number of halogens is 1. The van der Waals surface area contributed by atoms with Gasteiger partial charge in [-0.25, -0.2) is 0 Å². The summed E-state index contributed by atoms with van der Waals surface area (Å²) in [5.41, 5.74) is 1.26. The van der Waals surface area contributed by atoms with Crippen molar-refractivity contribution in [3.8, 4) is 5.75 Å². The number of rotatable bonds is 8. The van der Waals surface area contributed by atoms with E-state index in [0.717, 1.165) is 18.8 Å². The molecule has 0 bridgehead atoms. The van der Waals surface area contributed by atoms with E-state index in [1.807, 2.05) is 0 Å². The van der Waals surface area contributed by atoms with Gasteiger partial charge in [-0.2, -0.15) is 0 Å². The van der Waals surface area contributed by atoms with E-state index in [4.69, 9.17) is 4.74 Å². The number of hydrogen-bond acceptors (Lipinski definition) is 2. The first-order valence-electron chi connectivity index (χ1n) is 6.68. The lowest BCUT2D eigenvalue weighted by Crippen LogP contribution is -3.00. The summed E-state index contributed by atoms with van der Waals surface area (Å²) in [7, 11) is 0. The molecule has 1 aromatic rings. The van der Waals surface area contributed by atoms with Crippen LogP contribution in [0.3, 0.4) is 0 Å². The van der Waals surface area contributed by atoms with Crippen LogP contribution in [-0.2, 0) is 0 Å². The molecular weight excluding hydrogens is 266 g/mol. The van der Waals surface area contributed by atoms with Crippen LogP contribution < -0.4 is 17.1 Å². The van der Waals surface area contributed by atoms with Gasteiger partial charge in [0.25, 0.3) is 0 Å². The van der Waals surface area contributed by atoms with E-state index in [9.17, 15) is 0 Å². The van der Waals surface area contributed by atoms with Crippen molar-refractivity contribution in [3.63, 3.8) is 0 Å². The van der Waals surface area contributed by atoms with Crippen LogP contribution in [0.5, 0.6) is 5.75 Å². The van der Waals surface area contributed by atoms with Gasteiger partial charge in [0.2, 0.25) is 0 Å². The third-order valence-electron chi connectivity index (χ3n) is 3.86. The summed E-state index contributed by atoms with van der Waals surface area (Å²) in [6.45, 7) is 14.7. The highest BCUT2D eigenvalue weighted by molar-refractivity contribution is 7.08. The Morgan fingerprint density at radius 3 is 2.17 bits per heavy atom. The van der Waals surface area contributed by atoms with Gasteiger partial charge in [0, 0.05) is 17.4 Å². The van der Waals surface area contributed by atoms with E-state index in [2.05, 4.69) is 38.5 Å². The first kappa shape index (κ1) is 17.8. The second kappa shape index (κ2) is 8.78. The Labute approximate surface area is 122 Å². The maximum Gasteiger partial charge on any atom is 0.132 e. The molecule has 0 atom stereocenters. The molecule has 0 aliphatic rings. The maximum absolute atomic E-state index is 5.81. The SMILES string of the molecule is CC[N+](CC)(CC)CCCOc1cscc1C.[Cl-]. The molecule has 2 nitrogen and oxygen atoms in total. The maximum atomic E-state index is 5.81. The van der Waals surface area contributed by atoms with Crippen LogP contribution in [0.4, 0.5) is 0 Å². The number of hydrogen-bond donors (Lipinski definition) is 0. The summed E-state index contributed by atoms with van der Waals surface area (Å²) < 4.78 is 7.02. The molecule has 18 heavy (non-hydrogen) atoms. The molecule has 0 amide bonds. The molecule has 106 valence electrons. The van der Waals surface area contributed by atoms with Gasteiger partial charge in [-0.05, 0) is 33.1 Å². The van der Waals surface area contributed by atoms with Crippen LogP contribution in [0, 0.1) is 6.92 Å². The highest BCUT2D eigenvalue weighted by Gasteiger charge is 2.19. The molecule has 0 fully saturated rings. The van der Waals surface area contributed by atoms with Crippen molar-refractivity contribution in [1.29, 1.82) is 0 Å². The van der Waals surface area contributed by atoms with Crippen LogP contribution >= 0.6 is 11.3 Å². The van der Waals surface area contributed by atoms with Crippen LogP contribution in [0.2, 0.25) is 0 Å². The Bertz CT molecular complexity index is 315. The zero-order chi connectivity index (χ0) is 12.7. The van der Waals surface area contributed by atoms with E-state index in [-0.39, 0.29) is 12.4 Å². The summed E-state index contributed by atoms with van der Waals surface area (Å²) in [6.07, 6.45) is 1.14. The molecule has 0 aliphatic heterocycles. The van der Waals surface area contributed by atoms with Gasteiger partial charge in [0.15, 0.2) is 0 Å². The minimum absolute atomic E-state index is 0. The Hall–Kier alpha value is -0.250. The topological polar surface area (TPSA) is 9.23 Å². The summed E-state index contributed by atoms with van der Waals surface area (Å²) in [5.74, 6) is 1.07. The first-order chi connectivity index (χ1) is 8.17. The predicted octanol–water partition coefficient (Wildman–Crippen LogP) is 0.706. The third kappa shape index (κ3) is 4.79. The fourth-order valence-corrected chi connectivity index (χ4v) is 2.99. The fourth-order valence-electron chi connectivity index (χ4n) is 2.22. The number of nitrogens with zero attached hydrogens (tertiary/aromatic N) is 1. The molecule has 4 heteroatoms. The largest absolute Gasteiger partial charge is 1.00 e. The van der Waals surface area contributed by atoms with Gasteiger partial charge in [0.05, 0.1) is 32.8 Å². The van der Waals surface area contributed by atoms with Crippen molar-refractivity contribution in [2.24, 2.45) is 0 Å². The van der Waals surface area contributed by atoms with E-state index in [1.165, 1.54) is 36.2 Å². The van der Waals surface area contributed by atoms with Gasteiger partial charge in [-0.15, -0.1) is 11.3 Å². The molecule has 0 radical (unpaired) electrons. The van der Waals surface area contributed by atoms with Crippen molar-refractivity contribution in [2.45, 2.75) is 34.1 Å². The summed E-state index contributed by atoms with van der Waals surface area (Å²) >= 11 is 1.71. The second-order valence-corrected chi connectivity index (χ2v) is 5.38. The first-order valence-corrected chi connectivity index (χ1v) is 7.62. The molecule has 1 heterocycles. The fraction of sp³-hybridized carbons (Fsp3) is 0.714. The Morgan fingerprint density at radius 2 is 1.72 bits per heavy atom. The normalized spacial score (nSPS) is 11.1. The zero-order valence-electron chi connectivity index (χ0n) is 12.0. The summed E-state index contributed by atoms with van der Waals surface area (Å²) in [6, 6.07) is 0. The van der Waals surface area contributed by atoms with Crippen LogP contribution in [-0.4, -0.2) is 37.3 Å². The van der Waals surface area contributed by atoms with Crippen molar-refractivity contribution in [1.82, 2.24) is 0 Å². The minimum atomic E-state index is 0. The minimum Gasteiger partial charge on any atom is -1.00 e. The molecule has 0 unspecified atom stereocenters.